The molecule has 0 bridgehead atoms. The third-order valence-electron chi connectivity index (χ3n) is 3.55. The van der Waals surface area contributed by atoms with E-state index in [0.717, 1.165) is 23.4 Å². The van der Waals surface area contributed by atoms with Crippen LogP contribution in [0.25, 0.3) is 0 Å². The molecule has 0 fully saturated rings. The van der Waals surface area contributed by atoms with E-state index < -0.39 is 0 Å². The molecule has 4 nitrogen and oxygen atoms in total. The molecule has 2 heterocycles. The minimum absolute atomic E-state index is 0.121. The first-order valence-corrected chi connectivity index (χ1v) is 8.63. The average Bonchev–Trinajstić information content (AvgIpc) is 3.10. The molecule has 0 saturated carbocycles. The quantitative estimate of drug-likeness (QED) is 0.718. The molecule has 0 radical (unpaired) electrons. The second kappa shape index (κ2) is 7.75. The minimum atomic E-state index is -0.121. The number of nitrogens with zero attached hydrogens (tertiary/aromatic N) is 1. The lowest BCUT2D eigenvalue weighted by Crippen LogP contribution is -2.10. The summed E-state index contributed by atoms with van der Waals surface area (Å²) in [7, 11) is 0. The summed E-state index contributed by atoms with van der Waals surface area (Å²) in [4.78, 5) is 16.8. The van der Waals surface area contributed by atoms with E-state index >= 15 is 0 Å². The molecule has 1 aromatic carbocycles. The van der Waals surface area contributed by atoms with Crippen molar-refractivity contribution in [3.8, 4) is 5.75 Å². The van der Waals surface area contributed by atoms with Crippen LogP contribution in [0, 0.1) is 0 Å². The van der Waals surface area contributed by atoms with Crippen LogP contribution in [0.5, 0.6) is 5.75 Å². The topological polar surface area (TPSA) is 51.2 Å². The third-order valence-corrected chi connectivity index (χ3v) is 4.53. The van der Waals surface area contributed by atoms with E-state index in [0.29, 0.717) is 11.5 Å². The number of nitrogens with one attached hydrogen (secondary N) is 1. The lowest BCUT2D eigenvalue weighted by atomic mass is 10.2. The monoisotopic (exact) mass is 338 g/mol. The number of rotatable bonds is 6. The van der Waals surface area contributed by atoms with Crippen LogP contribution < -0.4 is 10.1 Å². The number of benzene rings is 1. The van der Waals surface area contributed by atoms with Crippen LogP contribution in [-0.2, 0) is 13.0 Å². The zero-order valence-corrected chi connectivity index (χ0v) is 14.2. The van der Waals surface area contributed by atoms with Crippen LogP contribution in [-0.4, -0.2) is 10.9 Å². The Kier molecular flexibility index (Phi) is 5.23. The smallest absolute Gasteiger partial charge is 0.265 e. The van der Waals surface area contributed by atoms with Crippen molar-refractivity contribution in [2.75, 3.05) is 5.32 Å². The number of ether oxygens (including phenoxy) is 1. The summed E-state index contributed by atoms with van der Waals surface area (Å²) < 4.78 is 5.77. The highest BCUT2D eigenvalue weighted by Crippen LogP contribution is 2.19. The average molecular weight is 338 g/mol. The predicted molar refractivity (Wildman–Crippen MR) is 96.7 cm³/mol. The number of aromatic nitrogens is 1. The maximum atomic E-state index is 12.2. The molecule has 3 aromatic rings. The summed E-state index contributed by atoms with van der Waals surface area (Å²) in [6.45, 7) is 2.57. The molecule has 5 heteroatoms. The molecule has 0 unspecified atom stereocenters. The minimum Gasteiger partial charge on any atom is -0.489 e. The zero-order valence-electron chi connectivity index (χ0n) is 13.4. The Balaban J connectivity index is 1.57. The number of anilines is 1. The van der Waals surface area contributed by atoms with Crippen molar-refractivity contribution in [2.45, 2.75) is 20.0 Å². The van der Waals surface area contributed by atoms with Crippen molar-refractivity contribution in [2.24, 2.45) is 0 Å². The number of thiophene rings is 1. The maximum Gasteiger partial charge on any atom is 0.265 e. The summed E-state index contributed by atoms with van der Waals surface area (Å²) >= 11 is 1.41. The Bertz CT molecular complexity index is 798. The van der Waals surface area contributed by atoms with Crippen molar-refractivity contribution in [3.63, 3.8) is 0 Å². The molecule has 2 aromatic heterocycles. The first-order valence-electron chi connectivity index (χ1n) is 7.75. The molecule has 1 amide bonds. The normalized spacial score (nSPS) is 10.4. The second-order valence-electron chi connectivity index (χ2n) is 5.30. The molecule has 0 aliphatic rings. The fourth-order valence-corrected chi connectivity index (χ4v) is 2.98. The van der Waals surface area contributed by atoms with Gasteiger partial charge in [0.1, 0.15) is 12.4 Å². The summed E-state index contributed by atoms with van der Waals surface area (Å²) in [6.07, 6.45) is 4.31. The van der Waals surface area contributed by atoms with Gasteiger partial charge in [0, 0.05) is 23.6 Å². The second-order valence-corrected chi connectivity index (χ2v) is 6.21. The number of hydrogen-bond donors (Lipinski definition) is 1. The molecule has 0 aliphatic heterocycles. The highest BCUT2D eigenvalue weighted by molar-refractivity contribution is 7.12. The van der Waals surface area contributed by atoms with Crippen molar-refractivity contribution < 1.29 is 9.53 Å². The SMILES string of the molecule is CCc1ccc(OCc2csc(C(=O)Nc3ccncc3)c2)cc1. The maximum absolute atomic E-state index is 12.2. The summed E-state index contributed by atoms with van der Waals surface area (Å²) in [6, 6.07) is 13.5. The number of aryl methyl sites for hydroxylation is 1. The molecule has 0 saturated heterocycles. The summed E-state index contributed by atoms with van der Waals surface area (Å²) in [5.41, 5.74) is 3.00. The lowest BCUT2D eigenvalue weighted by Gasteiger charge is -2.05. The van der Waals surface area contributed by atoms with Crippen LogP contribution in [0.3, 0.4) is 0 Å². The number of pyridine rings is 1. The van der Waals surface area contributed by atoms with Gasteiger partial charge in [-0.3, -0.25) is 9.78 Å². The molecule has 3 rings (SSSR count). The van der Waals surface area contributed by atoms with E-state index in [-0.39, 0.29) is 5.91 Å². The van der Waals surface area contributed by atoms with Gasteiger partial charge in [-0.25, -0.2) is 0 Å². The molecule has 0 spiro atoms. The van der Waals surface area contributed by atoms with Gasteiger partial charge in [0.15, 0.2) is 0 Å². The highest BCUT2D eigenvalue weighted by Gasteiger charge is 2.10. The van der Waals surface area contributed by atoms with Crippen molar-refractivity contribution in [3.05, 3.63) is 76.2 Å². The Morgan fingerprint density at radius 3 is 2.58 bits per heavy atom. The van der Waals surface area contributed by atoms with Gasteiger partial charge in [-0.05, 0) is 47.7 Å². The van der Waals surface area contributed by atoms with Crippen molar-refractivity contribution >= 4 is 22.9 Å². The van der Waals surface area contributed by atoms with Crippen LogP contribution in [0.1, 0.15) is 27.7 Å². The van der Waals surface area contributed by atoms with E-state index in [1.165, 1.54) is 16.9 Å². The van der Waals surface area contributed by atoms with E-state index in [1.807, 2.05) is 23.6 Å². The molecule has 0 aliphatic carbocycles. The fraction of sp³-hybridized carbons (Fsp3) is 0.158. The summed E-state index contributed by atoms with van der Waals surface area (Å²) in [5.74, 6) is 0.714. The number of hydrogen-bond acceptors (Lipinski definition) is 4. The largest absolute Gasteiger partial charge is 0.489 e. The first-order chi connectivity index (χ1) is 11.7. The summed E-state index contributed by atoms with van der Waals surface area (Å²) in [5, 5.41) is 4.79. The van der Waals surface area contributed by atoms with Gasteiger partial charge in [0.25, 0.3) is 5.91 Å². The Labute approximate surface area is 145 Å². The van der Waals surface area contributed by atoms with E-state index in [4.69, 9.17) is 4.74 Å². The van der Waals surface area contributed by atoms with Crippen LogP contribution >= 0.6 is 11.3 Å². The molecule has 122 valence electrons. The predicted octanol–water partition coefficient (Wildman–Crippen LogP) is 4.54. The van der Waals surface area contributed by atoms with Crippen LogP contribution in [0.4, 0.5) is 5.69 Å². The molecule has 1 N–H and O–H groups in total. The number of amides is 1. The van der Waals surface area contributed by atoms with Gasteiger partial charge in [-0.15, -0.1) is 11.3 Å². The Hall–Kier alpha value is -2.66. The molecular formula is C19H18N2O2S. The Morgan fingerprint density at radius 2 is 1.88 bits per heavy atom. The van der Waals surface area contributed by atoms with Gasteiger partial charge >= 0.3 is 0 Å². The lowest BCUT2D eigenvalue weighted by molar-refractivity contribution is 0.103. The van der Waals surface area contributed by atoms with Crippen LogP contribution in [0.15, 0.2) is 60.2 Å². The van der Waals surface area contributed by atoms with Gasteiger partial charge in [0.05, 0.1) is 4.88 Å². The molecular weight excluding hydrogens is 320 g/mol. The van der Waals surface area contributed by atoms with E-state index in [2.05, 4.69) is 29.4 Å². The van der Waals surface area contributed by atoms with Crippen molar-refractivity contribution in [1.29, 1.82) is 0 Å². The van der Waals surface area contributed by atoms with Gasteiger partial charge in [0.2, 0.25) is 0 Å². The Morgan fingerprint density at radius 1 is 1.12 bits per heavy atom. The number of carbonyl (C=O) groups excluding carboxylic acids is 1. The van der Waals surface area contributed by atoms with Crippen LogP contribution in [0.2, 0.25) is 0 Å². The molecule has 24 heavy (non-hydrogen) atoms. The van der Waals surface area contributed by atoms with Gasteiger partial charge in [-0.2, -0.15) is 0 Å². The molecule has 0 atom stereocenters. The number of carbonyl (C=O) groups is 1. The third kappa shape index (κ3) is 4.20. The van der Waals surface area contributed by atoms with Crippen molar-refractivity contribution in [1.82, 2.24) is 4.98 Å². The van der Waals surface area contributed by atoms with Gasteiger partial charge in [-0.1, -0.05) is 19.1 Å². The fourth-order valence-electron chi connectivity index (χ4n) is 2.19. The first kappa shape index (κ1) is 16.2. The zero-order chi connectivity index (χ0) is 16.8. The standard InChI is InChI=1S/C19H18N2O2S/c1-2-14-3-5-17(6-4-14)23-12-15-11-18(24-13-15)19(22)21-16-7-9-20-10-8-16/h3-11,13H,2,12H2,1H3,(H,20,21,22). The van der Waals surface area contributed by atoms with E-state index in [1.54, 1.807) is 24.5 Å². The highest BCUT2D eigenvalue weighted by atomic mass is 32.1. The van der Waals surface area contributed by atoms with E-state index in [9.17, 15) is 4.79 Å². The van der Waals surface area contributed by atoms with Gasteiger partial charge < -0.3 is 10.1 Å².